The molecule has 1 saturated heterocycles. The lowest BCUT2D eigenvalue weighted by atomic mass is 10.1. The lowest BCUT2D eigenvalue weighted by Crippen LogP contribution is -2.27. The lowest BCUT2D eigenvalue weighted by Gasteiger charge is -2.19. The number of para-hydroxylation sites is 1. The predicted molar refractivity (Wildman–Crippen MR) is 107 cm³/mol. The fraction of sp³-hybridized carbons (Fsp3) is 0.318. The van der Waals surface area contributed by atoms with Crippen LogP contribution in [0.4, 0.5) is 14.5 Å². The summed E-state index contributed by atoms with van der Waals surface area (Å²) in [7, 11) is 0. The van der Waals surface area contributed by atoms with E-state index in [1.807, 2.05) is 31.3 Å². The van der Waals surface area contributed by atoms with Crippen LogP contribution < -0.4 is 10.2 Å². The summed E-state index contributed by atoms with van der Waals surface area (Å²) in [5, 5.41) is 3.54. The fourth-order valence-electron chi connectivity index (χ4n) is 3.87. The minimum atomic E-state index is -0.800. The molecule has 0 amide bonds. The number of benzene rings is 2. The van der Waals surface area contributed by atoms with Crippen molar-refractivity contribution in [2.75, 3.05) is 24.5 Å². The van der Waals surface area contributed by atoms with Crippen LogP contribution in [0.25, 0.3) is 5.69 Å². The summed E-state index contributed by atoms with van der Waals surface area (Å²) in [5.74, 6) is -0.147. The van der Waals surface area contributed by atoms with Gasteiger partial charge >= 0.3 is 0 Å². The molecular formula is C22H24F2N4. The zero-order valence-electron chi connectivity index (χ0n) is 15.9. The van der Waals surface area contributed by atoms with Gasteiger partial charge in [0.25, 0.3) is 0 Å². The number of hydrogen-bond acceptors (Lipinski definition) is 3. The van der Waals surface area contributed by atoms with E-state index in [0.29, 0.717) is 5.92 Å². The maximum Gasteiger partial charge on any atom is 0.160 e. The Bertz CT molecular complexity index is 939. The Kier molecular flexibility index (Phi) is 5.39. The van der Waals surface area contributed by atoms with Crippen molar-refractivity contribution < 1.29 is 8.78 Å². The molecule has 1 aliphatic heterocycles. The molecule has 1 fully saturated rings. The summed E-state index contributed by atoms with van der Waals surface area (Å²) in [6, 6.07) is 14.3. The van der Waals surface area contributed by atoms with E-state index in [1.54, 1.807) is 6.07 Å². The molecule has 1 aliphatic rings. The second-order valence-corrected chi connectivity index (χ2v) is 7.30. The predicted octanol–water partition coefficient (Wildman–Crippen LogP) is 4.08. The lowest BCUT2D eigenvalue weighted by molar-refractivity contribution is 0.506. The number of rotatable bonds is 6. The highest BCUT2D eigenvalue weighted by Gasteiger charge is 2.23. The van der Waals surface area contributed by atoms with Crippen LogP contribution in [-0.4, -0.2) is 29.2 Å². The molecule has 0 unspecified atom stereocenters. The van der Waals surface area contributed by atoms with Gasteiger partial charge < -0.3 is 10.2 Å². The van der Waals surface area contributed by atoms with E-state index >= 15 is 0 Å². The first-order valence-corrected chi connectivity index (χ1v) is 9.61. The second kappa shape index (κ2) is 8.10. The van der Waals surface area contributed by atoms with Crippen molar-refractivity contribution >= 4 is 5.69 Å². The van der Waals surface area contributed by atoms with Crippen LogP contribution in [-0.2, 0) is 6.54 Å². The molecule has 0 spiro atoms. The largest absolute Gasteiger partial charge is 0.371 e. The van der Waals surface area contributed by atoms with Gasteiger partial charge in [-0.15, -0.1) is 0 Å². The van der Waals surface area contributed by atoms with E-state index in [1.165, 1.54) is 12.1 Å². The van der Waals surface area contributed by atoms with Crippen LogP contribution >= 0.6 is 0 Å². The Morgan fingerprint density at radius 3 is 2.68 bits per heavy atom. The summed E-state index contributed by atoms with van der Waals surface area (Å²) in [4.78, 5) is 6.58. The summed E-state index contributed by atoms with van der Waals surface area (Å²) in [6.07, 6.45) is 2.94. The SMILES string of the molecule is Cc1ncc(CNC[C@@H]2CCN(c3ccc(F)c(F)c3)C2)n1-c1ccccc1. The van der Waals surface area contributed by atoms with E-state index in [-0.39, 0.29) is 0 Å². The Labute approximate surface area is 163 Å². The van der Waals surface area contributed by atoms with Gasteiger partial charge in [0.15, 0.2) is 11.6 Å². The molecule has 28 heavy (non-hydrogen) atoms. The quantitative estimate of drug-likeness (QED) is 0.698. The van der Waals surface area contributed by atoms with Crippen LogP contribution in [0.15, 0.2) is 54.7 Å². The third-order valence-electron chi connectivity index (χ3n) is 5.32. The third-order valence-corrected chi connectivity index (χ3v) is 5.32. The molecule has 1 aromatic heterocycles. The van der Waals surface area contributed by atoms with Crippen molar-refractivity contribution in [3.8, 4) is 5.69 Å². The molecular weight excluding hydrogens is 358 g/mol. The number of anilines is 1. The van der Waals surface area contributed by atoms with Gasteiger partial charge in [-0.3, -0.25) is 4.57 Å². The molecule has 0 radical (unpaired) electrons. The van der Waals surface area contributed by atoms with Crippen LogP contribution in [0.5, 0.6) is 0 Å². The van der Waals surface area contributed by atoms with Gasteiger partial charge in [0.2, 0.25) is 0 Å². The van der Waals surface area contributed by atoms with Crippen molar-refractivity contribution in [2.24, 2.45) is 5.92 Å². The smallest absolute Gasteiger partial charge is 0.160 e. The van der Waals surface area contributed by atoms with Crippen LogP contribution in [0, 0.1) is 24.5 Å². The molecule has 146 valence electrons. The number of nitrogens with zero attached hydrogens (tertiary/aromatic N) is 3. The molecule has 2 aromatic carbocycles. The van der Waals surface area contributed by atoms with E-state index < -0.39 is 11.6 Å². The number of hydrogen-bond donors (Lipinski definition) is 1. The van der Waals surface area contributed by atoms with Gasteiger partial charge in [-0.2, -0.15) is 0 Å². The maximum atomic E-state index is 13.5. The van der Waals surface area contributed by atoms with Crippen molar-refractivity contribution in [3.05, 3.63) is 77.9 Å². The Balaban J connectivity index is 1.34. The maximum absolute atomic E-state index is 13.5. The summed E-state index contributed by atoms with van der Waals surface area (Å²) < 4.78 is 28.8. The molecule has 0 bridgehead atoms. The van der Waals surface area contributed by atoms with E-state index in [2.05, 4.69) is 31.9 Å². The highest BCUT2D eigenvalue weighted by atomic mass is 19.2. The Morgan fingerprint density at radius 1 is 1.07 bits per heavy atom. The summed E-state index contributed by atoms with van der Waals surface area (Å²) >= 11 is 0. The van der Waals surface area contributed by atoms with Gasteiger partial charge in [-0.25, -0.2) is 13.8 Å². The van der Waals surface area contributed by atoms with Crippen molar-refractivity contribution in [1.82, 2.24) is 14.9 Å². The fourth-order valence-corrected chi connectivity index (χ4v) is 3.87. The molecule has 1 atom stereocenters. The van der Waals surface area contributed by atoms with Crippen LogP contribution in [0.1, 0.15) is 17.9 Å². The zero-order valence-corrected chi connectivity index (χ0v) is 15.9. The standard InChI is InChI=1S/C22H24F2N4/c1-16-26-14-20(28(16)18-5-3-2-4-6-18)13-25-12-17-9-10-27(15-17)19-7-8-21(23)22(24)11-19/h2-8,11,14,17,25H,9-10,12-13,15H2,1H3/t17-/m0/s1. The monoisotopic (exact) mass is 382 g/mol. The highest BCUT2D eigenvalue weighted by Crippen LogP contribution is 2.25. The van der Waals surface area contributed by atoms with E-state index in [4.69, 9.17) is 0 Å². The van der Waals surface area contributed by atoms with Crippen molar-refractivity contribution in [2.45, 2.75) is 19.9 Å². The molecule has 0 aliphatic carbocycles. The molecule has 4 nitrogen and oxygen atoms in total. The van der Waals surface area contributed by atoms with E-state index in [9.17, 15) is 8.78 Å². The minimum Gasteiger partial charge on any atom is -0.371 e. The second-order valence-electron chi connectivity index (χ2n) is 7.30. The summed E-state index contributed by atoms with van der Waals surface area (Å²) in [5.41, 5.74) is 2.98. The third kappa shape index (κ3) is 3.92. The molecule has 6 heteroatoms. The van der Waals surface area contributed by atoms with Crippen LogP contribution in [0.3, 0.4) is 0 Å². The Hall–Kier alpha value is -2.73. The first-order valence-electron chi connectivity index (χ1n) is 9.61. The number of halogens is 2. The topological polar surface area (TPSA) is 33.1 Å². The molecule has 0 saturated carbocycles. The number of imidazole rings is 1. The molecule has 3 aromatic rings. The van der Waals surface area contributed by atoms with Gasteiger partial charge in [0, 0.05) is 43.6 Å². The number of aryl methyl sites for hydroxylation is 1. The molecule has 4 rings (SSSR count). The average Bonchev–Trinajstić information content (AvgIpc) is 3.32. The summed E-state index contributed by atoms with van der Waals surface area (Å²) in [6.45, 7) is 5.32. The minimum absolute atomic E-state index is 0.474. The first-order chi connectivity index (χ1) is 13.6. The van der Waals surface area contributed by atoms with Crippen molar-refractivity contribution in [1.29, 1.82) is 0 Å². The van der Waals surface area contributed by atoms with Gasteiger partial charge in [0.1, 0.15) is 5.82 Å². The first kappa shape index (κ1) is 18.6. The zero-order chi connectivity index (χ0) is 19.5. The average molecular weight is 382 g/mol. The highest BCUT2D eigenvalue weighted by molar-refractivity contribution is 5.47. The van der Waals surface area contributed by atoms with E-state index in [0.717, 1.165) is 55.5 Å². The van der Waals surface area contributed by atoms with Gasteiger partial charge in [0.05, 0.1) is 11.9 Å². The molecule has 1 N–H and O–H groups in total. The van der Waals surface area contributed by atoms with Crippen LogP contribution in [0.2, 0.25) is 0 Å². The van der Waals surface area contributed by atoms with Gasteiger partial charge in [-0.1, -0.05) is 18.2 Å². The van der Waals surface area contributed by atoms with Gasteiger partial charge in [-0.05, 0) is 43.5 Å². The Morgan fingerprint density at radius 2 is 1.89 bits per heavy atom. The number of aromatic nitrogens is 2. The van der Waals surface area contributed by atoms with Crippen molar-refractivity contribution in [3.63, 3.8) is 0 Å². The number of nitrogens with one attached hydrogen (secondary N) is 1. The molecule has 2 heterocycles. The normalized spacial score (nSPS) is 16.7.